The number of Topliss-reactive ketones (excluding diaryl/α,β-unsaturated/α-hetero) is 1. The van der Waals surface area contributed by atoms with E-state index >= 15 is 0 Å². The zero-order valence-electron chi connectivity index (χ0n) is 22.1. The molecule has 2 aliphatic heterocycles. The first kappa shape index (κ1) is 25.5. The first-order valence-electron chi connectivity index (χ1n) is 12.9. The van der Waals surface area contributed by atoms with Gasteiger partial charge in [0.15, 0.2) is 17.3 Å². The number of carbonyl (C=O) groups is 1. The van der Waals surface area contributed by atoms with Gasteiger partial charge in [-0.05, 0) is 29.5 Å². The number of carbonyl (C=O) groups excluding carboxylic acids is 1. The predicted molar refractivity (Wildman–Crippen MR) is 137 cm³/mol. The van der Waals surface area contributed by atoms with E-state index in [0.717, 1.165) is 44.8 Å². The Hall–Kier alpha value is -3.17. The highest BCUT2D eigenvalue weighted by atomic mass is 16.5. The lowest BCUT2D eigenvalue weighted by molar-refractivity contribution is -0.118. The van der Waals surface area contributed by atoms with Crippen LogP contribution in [-0.4, -0.2) is 67.3 Å². The number of rotatable bonds is 7. The van der Waals surface area contributed by atoms with Gasteiger partial charge in [-0.2, -0.15) is 0 Å². The van der Waals surface area contributed by atoms with Gasteiger partial charge >= 0.3 is 0 Å². The summed E-state index contributed by atoms with van der Waals surface area (Å²) in [5, 5.41) is 9.17. The fourth-order valence-electron chi connectivity index (χ4n) is 5.62. The van der Waals surface area contributed by atoms with E-state index in [0.29, 0.717) is 59.1 Å². The standard InChI is InChI=1S/C28H36N4O5/c1-28(2)15-19(33)24-22(16-28)37-27-25(23(24)18-6-7-20(34-3)21(14-18)35-4)26(29)32(17-30-27)9-5-8-31-10-12-36-13-11-31/h6-7,14,17,23,29H,5,8-13,15-16H2,1-4H3. The van der Waals surface area contributed by atoms with Crippen molar-refractivity contribution in [2.75, 3.05) is 47.1 Å². The fraction of sp³-hybridized carbons (Fsp3) is 0.536. The Morgan fingerprint density at radius 1 is 1.11 bits per heavy atom. The summed E-state index contributed by atoms with van der Waals surface area (Å²) in [6, 6.07) is 5.68. The highest BCUT2D eigenvalue weighted by molar-refractivity contribution is 6.00. The van der Waals surface area contributed by atoms with Crippen LogP contribution >= 0.6 is 0 Å². The maximum atomic E-state index is 13.6. The molecule has 5 rings (SSSR count). The molecule has 9 heteroatoms. The first-order valence-corrected chi connectivity index (χ1v) is 12.9. The number of aryl methyl sites for hydroxylation is 1. The van der Waals surface area contributed by atoms with Crippen molar-refractivity contribution in [1.82, 2.24) is 14.5 Å². The predicted octanol–water partition coefficient (Wildman–Crippen LogP) is 3.27. The number of hydrogen-bond acceptors (Lipinski definition) is 8. The number of nitrogens with zero attached hydrogens (tertiary/aromatic N) is 3. The SMILES string of the molecule is COc1ccc(C2C3=C(CC(C)(C)CC3=O)Oc3ncn(CCCN4CCOCC4)c(=N)c32)cc1OC. The minimum Gasteiger partial charge on any atom is -0.493 e. The minimum absolute atomic E-state index is 0.0544. The maximum Gasteiger partial charge on any atom is 0.228 e. The van der Waals surface area contributed by atoms with Gasteiger partial charge in [-0.3, -0.25) is 15.1 Å². The number of allylic oxidation sites excluding steroid dienone is 2. The van der Waals surface area contributed by atoms with Gasteiger partial charge in [0.05, 0.1) is 38.9 Å². The van der Waals surface area contributed by atoms with E-state index in [9.17, 15) is 10.2 Å². The van der Waals surface area contributed by atoms with Gasteiger partial charge in [-0.1, -0.05) is 19.9 Å². The summed E-state index contributed by atoms with van der Waals surface area (Å²) in [5.74, 6) is 1.84. The molecule has 1 N–H and O–H groups in total. The molecule has 1 fully saturated rings. The van der Waals surface area contributed by atoms with Gasteiger partial charge in [0.2, 0.25) is 5.88 Å². The zero-order valence-corrected chi connectivity index (χ0v) is 22.1. The van der Waals surface area contributed by atoms with Crippen LogP contribution in [0.4, 0.5) is 0 Å². The number of nitrogens with one attached hydrogen (secondary N) is 1. The lowest BCUT2D eigenvalue weighted by atomic mass is 9.70. The Morgan fingerprint density at radius 2 is 1.86 bits per heavy atom. The molecule has 1 aliphatic carbocycles. The molecule has 1 saturated heterocycles. The highest BCUT2D eigenvalue weighted by Gasteiger charge is 2.43. The largest absolute Gasteiger partial charge is 0.493 e. The molecule has 2 aromatic rings. The molecule has 1 atom stereocenters. The normalized spacial score (nSPS) is 21.2. The molecule has 0 bridgehead atoms. The van der Waals surface area contributed by atoms with Crippen LogP contribution < -0.4 is 19.7 Å². The Balaban J connectivity index is 1.55. The van der Waals surface area contributed by atoms with Crippen LogP contribution in [0.3, 0.4) is 0 Å². The molecule has 0 saturated carbocycles. The number of morpholine rings is 1. The summed E-state index contributed by atoms with van der Waals surface area (Å²) in [6.45, 7) is 9.16. The Labute approximate surface area is 217 Å². The lowest BCUT2D eigenvalue weighted by Crippen LogP contribution is -2.38. The third-order valence-electron chi connectivity index (χ3n) is 7.48. The van der Waals surface area contributed by atoms with Gasteiger partial charge < -0.3 is 23.5 Å². The molecule has 9 nitrogen and oxygen atoms in total. The lowest BCUT2D eigenvalue weighted by Gasteiger charge is -2.38. The number of hydrogen-bond donors (Lipinski definition) is 1. The molecule has 1 unspecified atom stereocenters. The summed E-state index contributed by atoms with van der Waals surface area (Å²) in [5.41, 5.74) is 2.21. The monoisotopic (exact) mass is 508 g/mol. The Morgan fingerprint density at radius 3 is 2.59 bits per heavy atom. The van der Waals surface area contributed by atoms with E-state index in [2.05, 4.69) is 23.7 Å². The van der Waals surface area contributed by atoms with Crippen molar-refractivity contribution in [2.24, 2.45) is 5.41 Å². The second kappa shape index (κ2) is 10.3. The van der Waals surface area contributed by atoms with E-state index < -0.39 is 5.92 Å². The average molecular weight is 509 g/mol. The van der Waals surface area contributed by atoms with Crippen molar-refractivity contribution in [3.05, 3.63) is 52.5 Å². The van der Waals surface area contributed by atoms with Crippen LogP contribution in [0.5, 0.6) is 17.4 Å². The second-order valence-electron chi connectivity index (χ2n) is 10.7. The van der Waals surface area contributed by atoms with E-state index in [1.165, 1.54) is 0 Å². The van der Waals surface area contributed by atoms with Crippen LogP contribution in [0, 0.1) is 10.8 Å². The van der Waals surface area contributed by atoms with Crippen molar-refractivity contribution < 1.29 is 23.7 Å². The summed E-state index contributed by atoms with van der Waals surface area (Å²) >= 11 is 0. The van der Waals surface area contributed by atoms with Crippen LogP contribution in [-0.2, 0) is 16.1 Å². The van der Waals surface area contributed by atoms with Gasteiger partial charge in [-0.15, -0.1) is 0 Å². The van der Waals surface area contributed by atoms with Crippen molar-refractivity contribution in [3.8, 4) is 17.4 Å². The van der Waals surface area contributed by atoms with Crippen molar-refractivity contribution in [2.45, 2.75) is 45.6 Å². The molecule has 0 amide bonds. The second-order valence-corrected chi connectivity index (χ2v) is 10.7. The van der Waals surface area contributed by atoms with Crippen molar-refractivity contribution >= 4 is 5.78 Å². The molecule has 0 spiro atoms. The third kappa shape index (κ3) is 5.02. The molecule has 3 heterocycles. The van der Waals surface area contributed by atoms with Crippen LogP contribution in [0.2, 0.25) is 0 Å². The van der Waals surface area contributed by atoms with Crippen LogP contribution in [0.15, 0.2) is 35.9 Å². The molecule has 3 aliphatic rings. The van der Waals surface area contributed by atoms with Gasteiger partial charge in [0, 0.05) is 44.6 Å². The summed E-state index contributed by atoms with van der Waals surface area (Å²) < 4.78 is 24.6. The number of ether oxygens (including phenoxy) is 4. The van der Waals surface area contributed by atoms with E-state index in [4.69, 9.17) is 18.9 Å². The first-order chi connectivity index (χ1) is 17.8. The van der Waals surface area contributed by atoms with E-state index in [-0.39, 0.29) is 11.2 Å². The number of aromatic nitrogens is 2. The smallest absolute Gasteiger partial charge is 0.228 e. The Kier molecular flexibility index (Phi) is 7.09. The van der Waals surface area contributed by atoms with Gasteiger partial charge in [0.1, 0.15) is 17.6 Å². The average Bonchev–Trinajstić information content (AvgIpc) is 2.88. The zero-order chi connectivity index (χ0) is 26.2. The molecular formula is C28H36N4O5. The molecule has 37 heavy (non-hydrogen) atoms. The topological polar surface area (TPSA) is 98.9 Å². The molecule has 1 aromatic heterocycles. The summed E-state index contributed by atoms with van der Waals surface area (Å²) in [7, 11) is 3.19. The fourth-order valence-corrected chi connectivity index (χ4v) is 5.62. The quantitative estimate of drug-likeness (QED) is 0.613. The number of fused-ring (bicyclic) bond motifs is 1. The van der Waals surface area contributed by atoms with Gasteiger partial charge in [-0.25, -0.2) is 4.98 Å². The van der Waals surface area contributed by atoms with Crippen LogP contribution in [0.25, 0.3) is 0 Å². The molecule has 0 radical (unpaired) electrons. The number of methoxy groups -OCH3 is 2. The van der Waals surface area contributed by atoms with E-state index in [1.807, 2.05) is 22.8 Å². The van der Waals surface area contributed by atoms with E-state index in [1.54, 1.807) is 20.5 Å². The van der Waals surface area contributed by atoms with Gasteiger partial charge in [0.25, 0.3) is 0 Å². The number of benzene rings is 1. The van der Waals surface area contributed by atoms with Crippen molar-refractivity contribution in [1.29, 1.82) is 5.41 Å². The molecule has 198 valence electrons. The highest BCUT2D eigenvalue weighted by Crippen LogP contribution is 2.49. The third-order valence-corrected chi connectivity index (χ3v) is 7.48. The Bertz CT molecular complexity index is 1280. The summed E-state index contributed by atoms with van der Waals surface area (Å²) in [6.07, 6.45) is 3.65. The molecule has 1 aromatic carbocycles. The minimum atomic E-state index is -0.464. The van der Waals surface area contributed by atoms with Crippen LogP contribution in [0.1, 0.15) is 50.2 Å². The maximum absolute atomic E-state index is 13.6. The summed E-state index contributed by atoms with van der Waals surface area (Å²) in [4.78, 5) is 20.6. The van der Waals surface area contributed by atoms with Crippen molar-refractivity contribution in [3.63, 3.8) is 0 Å². The molecular weight excluding hydrogens is 472 g/mol. The number of ketones is 1.